The van der Waals surface area contributed by atoms with Gasteiger partial charge in [0.25, 0.3) is 0 Å². The molecule has 0 aromatic heterocycles. The number of hydrogen-bond acceptors (Lipinski definition) is 4. The molecular weight excluding hydrogens is 182 g/mol. The molecule has 0 aromatic carbocycles. The minimum Gasteiger partial charge on any atom is -0.395 e. The van der Waals surface area contributed by atoms with Crippen LogP contribution in [0.25, 0.3) is 0 Å². The Bertz CT molecular complexity index is 165. The van der Waals surface area contributed by atoms with Crippen LogP contribution in [0.15, 0.2) is 0 Å². The van der Waals surface area contributed by atoms with Crippen molar-refractivity contribution >= 4 is 0 Å². The SMILES string of the molecule is CCCCC(O)[C@H]1C[C@H](O)[C@@H](CO)N1. The van der Waals surface area contributed by atoms with E-state index in [9.17, 15) is 10.2 Å². The summed E-state index contributed by atoms with van der Waals surface area (Å²) >= 11 is 0. The summed E-state index contributed by atoms with van der Waals surface area (Å²) in [6.45, 7) is 2.01. The van der Waals surface area contributed by atoms with Gasteiger partial charge in [0, 0.05) is 6.04 Å². The normalized spacial score (nSPS) is 34.7. The van der Waals surface area contributed by atoms with Crippen molar-refractivity contribution in [1.29, 1.82) is 0 Å². The molecule has 4 nitrogen and oxygen atoms in total. The Morgan fingerprint density at radius 1 is 1.50 bits per heavy atom. The maximum Gasteiger partial charge on any atom is 0.0731 e. The van der Waals surface area contributed by atoms with Gasteiger partial charge >= 0.3 is 0 Å². The standard InChI is InChI=1S/C10H21NO3/c1-2-3-4-9(13)7-5-10(14)8(6-12)11-7/h7-14H,2-6H2,1H3/t7-,8-,9?,10+/m1/s1. The van der Waals surface area contributed by atoms with Crippen molar-refractivity contribution in [2.24, 2.45) is 0 Å². The van der Waals surface area contributed by atoms with Crippen LogP contribution in [0.1, 0.15) is 32.6 Å². The minimum atomic E-state index is -0.527. The fourth-order valence-corrected chi connectivity index (χ4v) is 1.94. The third-order valence-electron chi connectivity index (χ3n) is 2.90. The highest BCUT2D eigenvalue weighted by Crippen LogP contribution is 2.18. The molecule has 4 N–H and O–H groups in total. The van der Waals surface area contributed by atoms with E-state index in [1.807, 2.05) is 0 Å². The minimum absolute atomic E-state index is 0.0614. The van der Waals surface area contributed by atoms with Gasteiger partial charge in [-0.2, -0.15) is 0 Å². The lowest BCUT2D eigenvalue weighted by Crippen LogP contribution is -2.41. The topological polar surface area (TPSA) is 72.7 Å². The zero-order valence-corrected chi connectivity index (χ0v) is 8.69. The van der Waals surface area contributed by atoms with E-state index >= 15 is 0 Å². The maximum atomic E-state index is 9.76. The van der Waals surface area contributed by atoms with Crippen molar-refractivity contribution in [3.05, 3.63) is 0 Å². The molecule has 0 aromatic rings. The van der Waals surface area contributed by atoms with E-state index in [4.69, 9.17) is 5.11 Å². The Morgan fingerprint density at radius 2 is 2.21 bits per heavy atom. The van der Waals surface area contributed by atoms with Crippen molar-refractivity contribution in [2.75, 3.05) is 6.61 Å². The second-order valence-electron chi connectivity index (χ2n) is 4.07. The molecule has 84 valence electrons. The van der Waals surface area contributed by atoms with Crippen LogP contribution in [0.5, 0.6) is 0 Å². The van der Waals surface area contributed by atoms with Gasteiger partial charge in [-0.3, -0.25) is 0 Å². The lowest BCUT2D eigenvalue weighted by Gasteiger charge is -2.18. The molecule has 1 heterocycles. The fraction of sp³-hybridized carbons (Fsp3) is 1.00. The zero-order valence-electron chi connectivity index (χ0n) is 8.69. The van der Waals surface area contributed by atoms with E-state index in [0.29, 0.717) is 6.42 Å². The largest absolute Gasteiger partial charge is 0.395 e. The molecule has 1 rings (SSSR count). The summed E-state index contributed by atoms with van der Waals surface area (Å²) in [5.74, 6) is 0. The molecule has 1 fully saturated rings. The van der Waals surface area contributed by atoms with Crippen molar-refractivity contribution in [3.63, 3.8) is 0 Å². The molecule has 4 atom stereocenters. The van der Waals surface area contributed by atoms with Gasteiger partial charge in [-0.15, -0.1) is 0 Å². The van der Waals surface area contributed by atoms with Gasteiger partial charge in [0.15, 0.2) is 0 Å². The molecule has 0 saturated carbocycles. The van der Waals surface area contributed by atoms with Gasteiger partial charge < -0.3 is 20.6 Å². The lowest BCUT2D eigenvalue weighted by atomic mass is 10.0. The van der Waals surface area contributed by atoms with Gasteiger partial charge in [-0.25, -0.2) is 0 Å². The number of aliphatic hydroxyl groups excluding tert-OH is 3. The molecule has 0 amide bonds. The number of aliphatic hydroxyl groups is 3. The number of nitrogens with one attached hydrogen (secondary N) is 1. The highest BCUT2D eigenvalue weighted by molar-refractivity contribution is 4.93. The smallest absolute Gasteiger partial charge is 0.0731 e. The molecule has 0 aliphatic carbocycles. The summed E-state index contributed by atoms with van der Waals surface area (Å²) in [5.41, 5.74) is 0. The second kappa shape index (κ2) is 5.66. The lowest BCUT2D eigenvalue weighted by molar-refractivity contribution is 0.112. The number of unbranched alkanes of at least 4 members (excludes halogenated alkanes) is 1. The Balaban J connectivity index is 2.32. The van der Waals surface area contributed by atoms with Crippen molar-refractivity contribution < 1.29 is 15.3 Å². The molecule has 1 aliphatic rings. The summed E-state index contributed by atoms with van der Waals surface area (Å²) < 4.78 is 0. The van der Waals surface area contributed by atoms with E-state index in [0.717, 1.165) is 19.3 Å². The van der Waals surface area contributed by atoms with Crippen molar-refractivity contribution in [1.82, 2.24) is 5.32 Å². The maximum absolute atomic E-state index is 9.76. The molecular formula is C10H21NO3. The van der Waals surface area contributed by atoms with Crippen LogP contribution >= 0.6 is 0 Å². The Labute approximate surface area is 85.0 Å². The Kier molecular flexibility index (Phi) is 4.81. The van der Waals surface area contributed by atoms with Gasteiger partial charge in [-0.05, 0) is 12.8 Å². The molecule has 1 aliphatic heterocycles. The predicted molar refractivity (Wildman–Crippen MR) is 54.0 cm³/mol. The first-order chi connectivity index (χ1) is 6.69. The monoisotopic (exact) mass is 203 g/mol. The highest BCUT2D eigenvalue weighted by Gasteiger charge is 2.34. The van der Waals surface area contributed by atoms with Crippen LogP contribution in [0.4, 0.5) is 0 Å². The third kappa shape index (κ3) is 2.92. The molecule has 0 spiro atoms. The van der Waals surface area contributed by atoms with E-state index < -0.39 is 12.2 Å². The highest BCUT2D eigenvalue weighted by atomic mass is 16.3. The molecule has 0 radical (unpaired) electrons. The van der Waals surface area contributed by atoms with Crippen LogP contribution in [0.2, 0.25) is 0 Å². The number of rotatable bonds is 5. The van der Waals surface area contributed by atoms with Crippen LogP contribution < -0.4 is 5.32 Å². The van der Waals surface area contributed by atoms with Gasteiger partial charge in [0.2, 0.25) is 0 Å². The number of hydrogen-bond donors (Lipinski definition) is 4. The average Bonchev–Trinajstić information content (AvgIpc) is 2.56. The van der Waals surface area contributed by atoms with Crippen LogP contribution in [-0.2, 0) is 0 Å². The molecule has 0 bridgehead atoms. The van der Waals surface area contributed by atoms with E-state index in [2.05, 4.69) is 12.2 Å². The molecule has 4 heteroatoms. The van der Waals surface area contributed by atoms with E-state index in [-0.39, 0.29) is 18.7 Å². The summed E-state index contributed by atoms with van der Waals surface area (Å²) in [5, 5.41) is 31.2. The first-order valence-electron chi connectivity index (χ1n) is 5.42. The van der Waals surface area contributed by atoms with E-state index in [1.165, 1.54) is 0 Å². The van der Waals surface area contributed by atoms with Crippen LogP contribution in [0.3, 0.4) is 0 Å². The van der Waals surface area contributed by atoms with Crippen LogP contribution in [0, 0.1) is 0 Å². The average molecular weight is 203 g/mol. The summed E-state index contributed by atoms with van der Waals surface area (Å²) in [6.07, 6.45) is 2.44. The van der Waals surface area contributed by atoms with Crippen molar-refractivity contribution in [3.8, 4) is 0 Å². The molecule has 14 heavy (non-hydrogen) atoms. The van der Waals surface area contributed by atoms with Gasteiger partial charge in [0.1, 0.15) is 0 Å². The predicted octanol–water partition coefficient (Wildman–Crippen LogP) is -0.379. The second-order valence-corrected chi connectivity index (χ2v) is 4.07. The zero-order chi connectivity index (χ0) is 10.6. The van der Waals surface area contributed by atoms with Gasteiger partial charge in [-0.1, -0.05) is 19.8 Å². The summed E-state index contributed by atoms with van der Waals surface area (Å²) in [4.78, 5) is 0. The molecule has 1 unspecified atom stereocenters. The first kappa shape index (κ1) is 11.9. The summed E-state index contributed by atoms with van der Waals surface area (Å²) in [6, 6.07) is -0.329. The molecule has 1 saturated heterocycles. The quantitative estimate of drug-likeness (QED) is 0.491. The van der Waals surface area contributed by atoms with Crippen LogP contribution in [-0.4, -0.2) is 46.2 Å². The summed E-state index contributed by atoms with van der Waals surface area (Å²) in [7, 11) is 0. The Morgan fingerprint density at radius 3 is 2.71 bits per heavy atom. The first-order valence-corrected chi connectivity index (χ1v) is 5.42. The van der Waals surface area contributed by atoms with E-state index in [1.54, 1.807) is 0 Å². The van der Waals surface area contributed by atoms with Gasteiger partial charge in [0.05, 0.1) is 24.9 Å². The third-order valence-corrected chi connectivity index (χ3v) is 2.90. The van der Waals surface area contributed by atoms with Crippen molar-refractivity contribution in [2.45, 2.75) is 56.9 Å². The fourth-order valence-electron chi connectivity index (χ4n) is 1.94. The Hall–Kier alpha value is -0.160.